The molecule has 0 aliphatic rings. The lowest BCUT2D eigenvalue weighted by Crippen LogP contribution is -1.78. The predicted molar refractivity (Wildman–Crippen MR) is 94.3 cm³/mol. The van der Waals surface area contributed by atoms with Gasteiger partial charge in [-0.25, -0.2) is 0 Å². The Morgan fingerprint density at radius 3 is 1.00 bits per heavy atom. The van der Waals surface area contributed by atoms with Gasteiger partial charge in [-0.15, -0.1) is 0 Å². The molecule has 0 aromatic carbocycles. The van der Waals surface area contributed by atoms with E-state index in [0.29, 0.717) is 0 Å². The van der Waals surface area contributed by atoms with Gasteiger partial charge >= 0.3 is 0 Å². The molecule has 0 radical (unpaired) electrons. The molecule has 0 aliphatic heterocycles. The number of rotatable bonds is 12. The van der Waals surface area contributed by atoms with Crippen molar-refractivity contribution in [3.05, 3.63) is 0 Å². The summed E-state index contributed by atoms with van der Waals surface area (Å²) in [5, 5.41) is 2.36. The van der Waals surface area contributed by atoms with Crippen molar-refractivity contribution in [3.63, 3.8) is 0 Å². The third-order valence-corrected chi connectivity index (χ3v) is 4.10. The smallest absolute Gasteiger partial charge is 0.00313 e. The molecule has 0 saturated carbocycles. The van der Waals surface area contributed by atoms with Crippen molar-refractivity contribution in [2.75, 3.05) is 10.7 Å². The molecular weight excluding hydrogens is 352 g/mol. The van der Waals surface area contributed by atoms with E-state index in [4.69, 9.17) is 0 Å². The molecule has 18 heavy (non-hydrogen) atoms. The average molecular weight is 386 g/mol. The number of unbranched alkanes of at least 4 members (excludes halogenated alkanes) is 10. The Morgan fingerprint density at radius 1 is 0.444 bits per heavy atom. The third-order valence-electron chi connectivity index (χ3n) is 2.97. The Morgan fingerprint density at radius 2 is 0.722 bits per heavy atom. The van der Waals surface area contributed by atoms with Crippen LogP contribution in [0.15, 0.2) is 0 Å². The Kier molecular flexibility index (Phi) is 27.3. The number of halogens is 2. The zero-order chi connectivity index (χ0) is 13.9. The molecule has 0 aromatic rings. The maximum Gasteiger partial charge on any atom is 0.00313 e. The zero-order valence-electron chi connectivity index (χ0n) is 12.7. The van der Waals surface area contributed by atoms with E-state index in [1.54, 1.807) is 0 Å². The first-order valence-corrected chi connectivity index (χ1v) is 10.2. The molecule has 0 amide bonds. The fourth-order valence-corrected chi connectivity index (χ4v) is 2.54. The maximum absolute atomic E-state index is 3.42. The fraction of sp³-hybridized carbons (Fsp3) is 1.00. The Bertz CT molecular complexity index is 89.7. The van der Waals surface area contributed by atoms with Crippen LogP contribution in [0.1, 0.15) is 90.9 Å². The van der Waals surface area contributed by atoms with Gasteiger partial charge in [-0.2, -0.15) is 0 Å². The summed E-state index contributed by atoms with van der Waals surface area (Å²) < 4.78 is 0. The molecule has 0 saturated heterocycles. The zero-order valence-corrected chi connectivity index (χ0v) is 15.8. The van der Waals surface area contributed by atoms with Gasteiger partial charge < -0.3 is 0 Å². The van der Waals surface area contributed by atoms with Gasteiger partial charge in [-0.1, -0.05) is 110 Å². The largest absolute Gasteiger partial charge is 0.0928 e. The maximum atomic E-state index is 3.42. The summed E-state index contributed by atoms with van der Waals surface area (Å²) >= 11 is 6.84. The SMILES string of the molecule is CCCCCCCCBr.CCCCCCCCBr. The van der Waals surface area contributed by atoms with E-state index < -0.39 is 0 Å². The van der Waals surface area contributed by atoms with Crippen molar-refractivity contribution in [1.29, 1.82) is 0 Å². The standard InChI is InChI=1S/2C8H17Br/c2*1-2-3-4-5-6-7-8-9/h2*2-8H2,1H3. The molecule has 0 spiro atoms. The van der Waals surface area contributed by atoms with Crippen LogP contribution in [0.2, 0.25) is 0 Å². The van der Waals surface area contributed by atoms with Crippen LogP contribution in [-0.2, 0) is 0 Å². The van der Waals surface area contributed by atoms with E-state index in [9.17, 15) is 0 Å². The van der Waals surface area contributed by atoms with Crippen molar-refractivity contribution in [2.24, 2.45) is 0 Å². The topological polar surface area (TPSA) is 0 Å². The van der Waals surface area contributed by atoms with Crippen LogP contribution in [0.5, 0.6) is 0 Å². The quantitative estimate of drug-likeness (QED) is 0.241. The second-order valence-electron chi connectivity index (χ2n) is 4.91. The van der Waals surface area contributed by atoms with Gasteiger partial charge in [-0.3, -0.25) is 0 Å². The number of alkyl halides is 2. The minimum Gasteiger partial charge on any atom is -0.0928 e. The molecule has 0 unspecified atom stereocenters. The summed E-state index contributed by atoms with van der Waals surface area (Å²) in [6.45, 7) is 4.51. The highest BCUT2D eigenvalue weighted by atomic mass is 79.9. The minimum absolute atomic E-state index is 1.18. The van der Waals surface area contributed by atoms with Gasteiger partial charge in [0.15, 0.2) is 0 Å². The van der Waals surface area contributed by atoms with Crippen molar-refractivity contribution < 1.29 is 0 Å². The molecule has 0 nitrogen and oxygen atoms in total. The summed E-state index contributed by atoms with van der Waals surface area (Å²) in [7, 11) is 0. The minimum atomic E-state index is 1.18. The summed E-state index contributed by atoms with van der Waals surface area (Å²) in [6.07, 6.45) is 16.8. The Hall–Kier alpha value is 0.960. The molecule has 0 bridgehead atoms. The molecule has 2 heteroatoms. The monoisotopic (exact) mass is 384 g/mol. The van der Waals surface area contributed by atoms with E-state index in [1.807, 2.05) is 0 Å². The van der Waals surface area contributed by atoms with Crippen LogP contribution in [0.3, 0.4) is 0 Å². The van der Waals surface area contributed by atoms with E-state index in [1.165, 1.54) is 87.7 Å². The van der Waals surface area contributed by atoms with Crippen LogP contribution >= 0.6 is 31.9 Å². The van der Waals surface area contributed by atoms with Crippen molar-refractivity contribution in [1.82, 2.24) is 0 Å². The third kappa shape index (κ3) is 25.7. The predicted octanol–water partition coefficient (Wildman–Crippen LogP) is 7.48. The van der Waals surface area contributed by atoms with Crippen LogP contribution in [-0.4, -0.2) is 10.7 Å². The lowest BCUT2D eigenvalue weighted by atomic mass is 10.1. The molecule has 0 fully saturated rings. The first kappa shape index (κ1) is 21.3. The lowest BCUT2D eigenvalue weighted by molar-refractivity contribution is 0.628. The number of hydrogen-bond acceptors (Lipinski definition) is 0. The van der Waals surface area contributed by atoms with Crippen LogP contribution < -0.4 is 0 Å². The Balaban J connectivity index is 0. The van der Waals surface area contributed by atoms with Crippen LogP contribution in [0, 0.1) is 0 Å². The molecule has 112 valence electrons. The van der Waals surface area contributed by atoms with E-state index >= 15 is 0 Å². The van der Waals surface area contributed by atoms with Gasteiger partial charge in [0.1, 0.15) is 0 Å². The normalized spacial score (nSPS) is 10.0. The molecule has 0 heterocycles. The summed E-state index contributed by atoms with van der Waals surface area (Å²) in [5.74, 6) is 0. The first-order chi connectivity index (χ1) is 8.83. The first-order valence-electron chi connectivity index (χ1n) is 7.95. The van der Waals surface area contributed by atoms with Gasteiger partial charge in [0.05, 0.1) is 0 Å². The second kappa shape index (κ2) is 23.1. The van der Waals surface area contributed by atoms with Crippen molar-refractivity contribution in [3.8, 4) is 0 Å². The van der Waals surface area contributed by atoms with Gasteiger partial charge in [0.25, 0.3) is 0 Å². The molecule has 0 aromatic heterocycles. The summed E-state index contributed by atoms with van der Waals surface area (Å²) in [4.78, 5) is 0. The molecule has 0 N–H and O–H groups in total. The second-order valence-corrected chi connectivity index (χ2v) is 6.50. The van der Waals surface area contributed by atoms with Crippen molar-refractivity contribution >= 4 is 31.9 Å². The summed E-state index contributed by atoms with van der Waals surface area (Å²) in [6, 6.07) is 0. The highest BCUT2D eigenvalue weighted by Gasteiger charge is 1.87. The molecule has 0 rings (SSSR count). The molecule has 0 aliphatic carbocycles. The van der Waals surface area contributed by atoms with Crippen LogP contribution in [0.4, 0.5) is 0 Å². The Labute approximate surface area is 133 Å². The highest BCUT2D eigenvalue weighted by molar-refractivity contribution is 9.09. The van der Waals surface area contributed by atoms with E-state index in [0.717, 1.165) is 0 Å². The lowest BCUT2D eigenvalue weighted by Gasteiger charge is -1.95. The molecule has 0 atom stereocenters. The summed E-state index contributed by atoms with van der Waals surface area (Å²) in [5.41, 5.74) is 0. The van der Waals surface area contributed by atoms with Crippen LogP contribution in [0.25, 0.3) is 0 Å². The highest BCUT2D eigenvalue weighted by Crippen LogP contribution is 2.06. The van der Waals surface area contributed by atoms with Gasteiger partial charge in [-0.05, 0) is 12.8 Å². The van der Waals surface area contributed by atoms with Crippen molar-refractivity contribution in [2.45, 2.75) is 90.9 Å². The van der Waals surface area contributed by atoms with Gasteiger partial charge in [0, 0.05) is 10.7 Å². The van der Waals surface area contributed by atoms with Gasteiger partial charge in [0.2, 0.25) is 0 Å². The van der Waals surface area contributed by atoms with E-state index in [-0.39, 0.29) is 0 Å². The fourth-order valence-electron chi connectivity index (χ4n) is 1.75. The molecular formula is C16H34Br2. The van der Waals surface area contributed by atoms with E-state index in [2.05, 4.69) is 45.7 Å². The average Bonchev–Trinajstić information content (AvgIpc) is 2.39. The number of hydrogen-bond donors (Lipinski definition) is 0.